The Morgan fingerprint density at radius 2 is 2.12 bits per heavy atom. The summed E-state index contributed by atoms with van der Waals surface area (Å²) in [6.45, 7) is 2.83. The van der Waals surface area contributed by atoms with Gasteiger partial charge in [0.15, 0.2) is 5.84 Å². The largest absolute Gasteiger partial charge is 0.409 e. The Labute approximate surface area is 102 Å². The molecule has 1 aliphatic carbocycles. The van der Waals surface area contributed by atoms with Crippen molar-refractivity contribution < 1.29 is 10.0 Å². The number of amides is 1. The van der Waals surface area contributed by atoms with Crippen molar-refractivity contribution in [1.29, 1.82) is 0 Å². The number of hydrogen-bond acceptors (Lipinski definition) is 3. The first-order chi connectivity index (χ1) is 8.17. The van der Waals surface area contributed by atoms with Crippen LogP contribution in [0.1, 0.15) is 51.9 Å². The first-order valence-electron chi connectivity index (χ1n) is 6.43. The van der Waals surface area contributed by atoms with Gasteiger partial charge in [0.05, 0.1) is 0 Å². The van der Waals surface area contributed by atoms with E-state index in [4.69, 9.17) is 10.9 Å². The number of carbonyl (C=O) groups is 1. The number of nitrogens with one attached hydrogen (secondary N) is 1. The molecule has 5 heteroatoms. The summed E-state index contributed by atoms with van der Waals surface area (Å²) in [4.78, 5) is 12.0. The highest BCUT2D eigenvalue weighted by atomic mass is 16.4. The van der Waals surface area contributed by atoms with Crippen LogP contribution in [0, 0.1) is 5.41 Å². The van der Waals surface area contributed by atoms with E-state index < -0.39 is 5.41 Å². The zero-order valence-electron chi connectivity index (χ0n) is 10.5. The zero-order chi connectivity index (χ0) is 12.7. The number of hydrogen-bond donors (Lipinski definition) is 3. The van der Waals surface area contributed by atoms with Crippen molar-refractivity contribution in [2.75, 3.05) is 6.54 Å². The molecular formula is C12H23N3O2. The van der Waals surface area contributed by atoms with Crippen LogP contribution in [0.4, 0.5) is 0 Å². The van der Waals surface area contributed by atoms with Crippen molar-refractivity contribution in [3.05, 3.63) is 0 Å². The molecule has 0 aromatic carbocycles. The Bertz CT molecular complexity index is 285. The fraction of sp³-hybridized carbons (Fsp3) is 0.833. The van der Waals surface area contributed by atoms with E-state index in [9.17, 15) is 4.79 Å². The number of oxime groups is 1. The van der Waals surface area contributed by atoms with Crippen LogP contribution in [0.3, 0.4) is 0 Å². The summed E-state index contributed by atoms with van der Waals surface area (Å²) in [5.74, 6) is -0.0367. The minimum atomic E-state index is -0.737. The molecule has 1 rings (SSSR count). The lowest BCUT2D eigenvalue weighted by atomic mass is 9.67. The average Bonchev–Trinajstić information content (AvgIpc) is 2.27. The van der Waals surface area contributed by atoms with Gasteiger partial charge in [-0.3, -0.25) is 4.79 Å². The molecule has 0 spiro atoms. The molecule has 0 radical (unpaired) electrons. The third kappa shape index (κ3) is 3.11. The molecule has 0 saturated heterocycles. The lowest BCUT2D eigenvalue weighted by molar-refractivity contribution is -0.131. The number of nitrogens with zero attached hydrogens (tertiary/aromatic N) is 1. The molecule has 1 fully saturated rings. The van der Waals surface area contributed by atoms with Gasteiger partial charge in [0.25, 0.3) is 0 Å². The van der Waals surface area contributed by atoms with Crippen molar-refractivity contribution in [2.24, 2.45) is 16.3 Å². The molecule has 0 bridgehead atoms. The third-order valence-electron chi connectivity index (χ3n) is 3.56. The van der Waals surface area contributed by atoms with Crippen LogP contribution in [0.15, 0.2) is 5.16 Å². The maximum Gasteiger partial charge on any atom is 0.233 e. The first kappa shape index (κ1) is 13.8. The van der Waals surface area contributed by atoms with E-state index in [2.05, 4.69) is 17.4 Å². The van der Waals surface area contributed by atoms with E-state index in [-0.39, 0.29) is 11.7 Å². The number of unbranched alkanes of at least 4 members (excludes halogenated alkanes) is 3. The summed E-state index contributed by atoms with van der Waals surface area (Å²) in [7, 11) is 0. The second-order valence-electron chi connectivity index (χ2n) is 4.74. The Morgan fingerprint density at radius 3 is 2.59 bits per heavy atom. The number of nitrogens with two attached hydrogens (primary N) is 1. The molecule has 0 aromatic heterocycles. The fourth-order valence-corrected chi connectivity index (χ4v) is 2.15. The van der Waals surface area contributed by atoms with Crippen LogP contribution >= 0.6 is 0 Å². The predicted molar refractivity (Wildman–Crippen MR) is 66.8 cm³/mol. The van der Waals surface area contributed by atoms with Crippen LogP contribution in [0.5, 0.6) is 0 Å². The van der Waals surface area contributed by atoms with Crippen molar-refractivity contribution in [3.63, 3.8) is 0 Å². The monoisotopic (exact) mass is 241 g/mol. The molecule has 1 aliphatic rings. The molecule has 5 nitrogen and oxygen atoms in total. The van der Waals surface area contributed by atoms with Gasteiger partial charge in [0.2, 0.25) is 5.91 Å². The second-order valence-corrected chi connectivity index (χ2v) is 4.74. The Hall–Kier alpha value is -1.26. The quantitative estimate of drug-likeness (QED) is 0.208. The van der Waals surface area contributed by atoms with Crippen LogP contribution in [-0.4, -0.2) is 23.5 Å². The van der Waals surface area contributed by atoms with Gasteiger partial charge in [-0.25, -0.2) is 0 Å². The summed E-state index contributed by atoms with van der Waals surface area (Å²) in [5, 5.41) is 14.6. The zero-order valence-corrected chi connectivity index (χ0v) is 10.5. The molecule has 1 saturated carbocycles. The van der Waals surface area contributed by atoms with Gasteiger partial charge in [0.1, 0.15) is 5.41 Å². The van der Waals surface area contributed by atoms with Crippen molar-refractivity contribution in [1.82, 2.24) is 5.32 Å². The van der Waals surface area contributed by atoms with Crippen molar-refractivity contribution in [2.45, 2.75) is 51.9 Å². The maximum atomic E-state index is 12.0. The van der Waals surface area contributed by atoms with E-state index in [1.807, 2.05) is 0 Å². The number of carbonyl (C=O) groups excluding carboxylic acids is 1. The second kappa shape index (κ2) is 6.47. The van der Waals surface area contributed by atoms with E-state index >= 15 is 0 Å². The maximum absolute atomic E-state index is 12.0. The van der Waals surface area contributed by atoms with E-state index in [1.165, 1.54) is 12.8 Å². The van der Waals surface area contributed by atoms with Crippen molar-refractivity contribution >= 4 is 11.7 Å². The van der Waals surface area contributed by atoms with Gasteiger partial charge >= 0.3 is 0 Å². The summed E-state index contributed by atoms with van der Waals surface area (Å²) in [6.07, 6.45) is 6.83. The first-order valence-corrected chi connectivity index (χ1v) is 6.43. The number of amidine groups is 1. The van der Waals surface area contributed by atoms with Gasteiger partial charge in [0, 0.05) is 6.54 Å². The SMILES string of the molecule is CCCCCCNC(=O)C1(C(N)=NO)CCC1. The Kier molecular flexibility index (Phi) is 5.25. The van der Waals surface area contributed by atoms with Crippen LogP contribution in [0.2, 0.25) is 0 Å². The molecule has 0 aromatic rings. The summed E-state index contributed by atoms with van der Waals surface area (Å²) >= 11 is 0. The van der Waals surface area contributed by atoms with E-state index in [0.717, 1.165) is 19.3 Å². The highest BCUT2D eigenvalue weighted by Crippen LogP contribution is 2.41. The van der Waals surface area contributed by atoms with Gasteiger partial charge in [-0.2, -0.15) is 0 Å². The molecule has 0 atom stereocenters. The molecule has 17 heavy (non-hydrogen) atoms. The topological polar surface area (TPSA) is 87.7 Å². The minimum Gasteiger partial charge on any atom is -0.409 e. The predicted octanol–water partition coefficient (Wildman–Crippen LogP) is 1.60. The van der Waals surface area contributed by atoms with E-state index in [1.54, 1.807) is 0 Å². The standard InChI is InChI=1S/C12H23N3O2/c1-2-3-4-5-9-14-11(16)12(7-6-8-12)10(13)15-17/h17H,2-9H2,1H3,(H2,13,15)(H,14,16). The highest BCUT2D eigenvalue weighted by molar-refractivity contribution is 6.07. The van der Waals surface area contributed by atoms with Gasteiger partial charge < -0.3 is 16.3 Å². The average molecular weight is 241 g/mol. The van der Waals surface area contributed by atoms with Crippen LogP contribution in [0.25, 0.3) is 0 Å². The Balaban J connectivity index is 2.35. The summed E-state index contributed by atoms with van der Waals surface area (Å²) in [5.41, 5.74) is 4.87. The van der Waals surface area contributed by atoms with Crippen LogP contribution < -0.4 is 11.1 Å². The Morgan fingerprint density at radius 1 is 1.41 bits per heavy atom. The molecule has 0 heterocycles. The molecule has 0 aliphatic heterocycles. The molecule has 0 unspecified atom stereocenters. The smallest absolute Gasteiger partial charge is 0.233 e. The lowest BCUT2D eigenvalue weighted by Crippen LogP contribution is -2.54. The molecule has 1 amide bonds. The van der Waals surface area contributed by atoms with Gasteiger partial charge in [-0.15, -0.1) is 0 Å². The fourth-order valence-electron chi connectivity index (χ4n) is 2.15. The highest BCUT2D eigenvalue weighted by Gasteiger charge is 2.48. The summed E-state index contributed by atoms with van der Waals surface area (Å²) in [6, 6.07) is 0. The molecular weight excluding hydrogens is 218 g/mol. The molecule has 98 valence electrons. The third-order valence-corrected chi connectivity index (χ3v) is 3.56. The van der Waals surface area contributed by atoms with Gasteiger partial charge in [-0.1, -0.05) is 37.8 Å². The number of rotatable bonds is 7. The van der Waals surface area contributed by atoms with Crippen LogP contribution in [-0.2, 0) is 4.79 Å². The van der Waals surface area contributed by atoms with Gasteiger partial charge in [-0.05, 0) is 19.3 Å². The summed E-state index contributed by atoms with van der Waals surface area (Å²) < 4.78 is 0. The lowest BCUT2D eigenvalue weighted by Gasteiger charge is -2.38. The van der Waals surface area contributed by atoms with Crippen molar-refractivity contribution in [3.8, 4) is 0 Å². The molecule has 4 N–H and O–H groups in total. The normalized spacial score (nSPS) is 18.5. The minimum absolute atomic E-state index is 0.0507. The van der Waals surface area contributed by atoms with E-state index in [0.29, 0.717) is 19.4 Å².